The molecule has 0 unspecified atom stereocenters. The molecule has 1 fully saturated rings. The molecule has 2 heterocycles. The number of thiophene rings is 1. The van der Waals surface area contributed by atoms with Crippen LogP contribution in [-0.4, -0.2) is 12.5 Å². The van der Waals surface area contributed by atoms with Gasteiger partial charge in [0.15, 0.2) is 0 Å². The molecule has 0 bridgehead atoms. The second kappa shape index (κ2) is 5.97. The van der Waals surface area contributed by atoms with Gasteiger partial charge in [0.1, 0.15) is 0 Å². The summed E-state index contributed by atoms with van der Waals surface area (Å²) in [6.07, 6.45) is 1.64. The average Bonchev–Trinajstić information content (AvgIpc) is 3.06. The fourth-order valence-corrected chi connectivity index (χ4v) is 3.74. The maximum Gasteiger partial charge on any atom is 0.227 e. The summed E-state index contributed by atoms with van der Waals surface area (Å²) < 4.78 is 1.15. The first-order chi connectivity index (χ1) is 9.72. The molecule has 1 N–H and O–H groups in total. The van der Waals surface area contributed by atoms with Crippen molar-refractivity contribution in [3.63, 3.8) is 0 Å². The van der Waals surface area contributed by atoms with E-state index in [0.717, 1.165) is 34.7 Å². The number of nitrogens with one attached hydrogen (secondary N) is 1. The van der Waals surface area contributed by atoms with Crippen LogP contribution in [0.1, 0.15) is 17.7 Å². The fourth-order valence-electron chi connectivity index (χ4n) is 2.32. The third-order valence-corrected chi connectivity index (χ3v) is 4.97. The van der Waals surface area contributed by atoms with Crippen molar-refractivity contribution in [3.05, 3.63) is 45.1 Å². The Bertz CT molecular complexity index is 609. The Morgan fingerprint density at radius 1 is 1.20 bits per heavy atom. The minimum Gasteiger partial charge on any atom is -0.380 e. The van der Waals surface area contributed by atoms with E-state index in [1.807, 2.05) is 29.2 Å². The van der Waals surface area contributed by atoms with Gasteiger partial charge in [-0.3, -0.25) is 4.79 Å². The lowest BCUT2D eigenvalue weighted by Crippen LogP contribution is -2.23. The van der Waals surface area contributed by atoms with Crippen LogP contribution in [0.3, 0.4) is 0 Å². The largest absolute Gasteiger partial charge is 0.380 e. The summed E-state index contributed by atoms with van der Waals surface area (Å²) in [4.78, 5) is 14.8. The third kappa shape index (κ3) is 3.04. The molecule has 5 heteroatoms. The van der Waals surface area contributed by atoms with Crippen molar-refractivity contribution in [1.29, 1.82) is 0 Å². The molecule has 0 spiro atoms. The molecule has 3 nitrogen and oxygen atoms in total. The van der Waals surface area contributed by atoms with Crippen molar-refractivity contribution in [2.24, 2.45) is 0 Å². The van der Waals surface area contributed by atoms with E-state index in [1.165, 1.54) is 4.88 Å². The Morgan fingerprint density at radius 2 is 2.00 bits per heavy atom. The Labute approximate surface area is 130 Å². The number of rotatable bonds is 4. The van der Waals surface area contributed by atoms with Gasteiger partial charge in [-0.1, -0.05) is 0 Å². The van der Waals surface area contributed by atoms with Crippen LogP contribution in [0.5, 0.6) is 0 Å². The zero-order chi connectivity index (χ0) is 13.9. The van der Waals surface area contributed by atoms with Crippen LogP contribution in [0, 0.1) is 0 Å². The molecule has 1 amide bonds. The Morgan fingerprint density at radius 3 is 2.60 bits per heavy atom. The van der Waals surface area contributed by atoms with E-state index in [2.05, 4.69) is 33.4 Å². The molecule has 1 aromatic heterocycles. The molecule has 0 aliphatic carbocycles. The number of halogens is 1. The summed E-state index contributed by atoms with van der Waals surface area (Å²) in [5.41, 5.74) is 2.07. The second-order valence-electron chi connectivity index (χ2n) is 4.76. The molecule has 1 aromatic carbocycles. The average molecular weight is 351 g/mol. The predicted octanol–water partition coefficient (Wildman–Crippen LogP) is 4.25. The highest BCUT2D eigenvalue weighted by molar-refractivity contribution is 9.11. The highest BCUT2D eigenvalue weighted by Gasteiger charge is 2.21. The molecule has 1 aliphatic rings. The van der Waals surface area contributed by atoms with Crippen LogP contribution < -0.4 is 10.2 Å². The van der Waals surface area contributed by atoms with E-state index in [-0.39, 0.29) is 5.91 Å². The summed E-state index contributed by atoms with van der Waals surface area (Å²) in [5.74, 6) is 0.231. The number of anilines is 2. The topological polar surface area (TPSA) is 32.3 Å². The van der Waals surface area contributed by atoms with Crippen LogP contribution in [0.15, 0.2) is 40.2 Å². The third-order valence-electron chi connectivity index (χ3n) is 3.35. The molecule has 20 heavy (non-hydrogen) atoms. The van der Waals surface area contributed by atoms with Crippen molar-refractivity contribution in [2.75, 3.05) is 16.8 Å². The first-order valence-electron chi connectivity index (χ1n) is 6.61. The van der Waals surface area contributed by atoms with Crippen molar-refractivity contribution >= 4 is 44.5 Å². The summed E-state index contributed by atoms with van der Waals surface area (Å²) in [7, 11) is 0. The summed E-state index contributed by atoms with van der Waals surface area (Å²) in [6.45, 7) is 1.66. The summed E-state index contributed by atoms with van der Waals surface area (Å²) in [5, 5.41) is 3.39. The number of hydrogen-bond donors (Lipinski definition) is 1. The van der Waals surface area contributed by atoms with E-state index in [9.17, 15) is 4.79 Å². The van der Waals surface area contributed by atoms with Gasteiger partial charge >= 0.3 is 0 Å². The molecule has 1 saturated heterocycles. The first kappa shape index (κ1) is 13.6. The maximum atomic E-state index is 11.7. The fraction of sp³-hybridized carbons (Fsp3) is 0.267. The predicted molar refractivity (Wildman–Crippen MR) is 87.4 cm³/mol. The Balaban J connectivity index is 1.62. The zero-order valence-corrected chi connectivity index (χ0v) is 13.3. The van der Waals surface area contributed by atoms with Crippen LogP contribution in [-0.2, 0) is 11.3 Å². The summed E-state index contributed by atoms with van der Waals surface area (Å²) >= 11 is 5.20. The highest BCUT2D eigenvalue weighted by Crippen LogP contribution is 2.25. The van der Waals surface area contributed by atoms with Crippen LogP contribution in [0.4, 0.5) is 11.4 Å². The zero-order valence-electron chi connectivity index (χ0n) is 10.9. The number of benzene rings is 1. The van der Waals surface area contributed by atoms with Crippen molar-refractivity contribution in [2.45, 2.75) is 19.4 Å². The molecule has 104 valence electrons. The molecule has 3 rings (SSSR count). The molecule has 1 aliphatic heterocycles. The molecular weight excluding hydrogens is 336 g/mol. The van der Waals surface area contributed by atoms with Gasteiger partial charge in [0.2, 0.25) is 5.91 Å². The number of amides is 1. The van der Waals surface area contributed by atoms with E-state index >= 15 is 0 Å². The quantitative estimate of drug-likeness (QED) is 0.893. The maximum absolute atomic E-state index is 11.7. The van der Waals surface area contributed by atoms with Gasteiger partial charge in [-0.25, -0.2) is 0 Å². The lowest BCUT2D eigenvalue weighted by molar-refractivity contribution is -0.117. The minimum absolute atomic E-state index is 0.231. The number of hydrogen-bond acceptors (Lipinski definition) is 3. The molecule has 0 saturated carbocycles. The lowest BCUT2D eigenvalue weighted by Gasteiger charge is -2.16. The lowest BCUT2D eigenvalue weighted by atomic mass is 10.2. The standard InChI is InChI=1S/C15H15BrN2OS/c16-14-8-7-13(20-14)10-17-11-3-5-12(6-4-11)18-9-1-2-15(18)19/h3-8,17H,1-2,9-10H2. The molecule has 0 atom stereocenters. The van der Waals surface area contributed by atoms with Crippen LogP contribution in [0.25, 0.3) is 0 Å². The smallest absolute Gasteiger partial charge is 0.227 e. The van der Waals surface area contributed by atoms with Crippen molar-refractivity contribution < 1.29 is 4.79 Å². The van der Waals surface area contributed by atoms with E-state index in [4.69, 9.17) is 0 Å². The monoisotopic (exact) mass is 350 g/mol. The minimum atomic E-state index is 0.231. The summed E-state index contributed by atoms with van der Waals surface area (Å²) in [6, 6.07) is 12.3. The molecule has 0 radical (unpaired) electrons. The second-order valence-corrected chi connectivity index (χ2v) is 7.30. The van der Waals surface area contributed by atoms with Gasteiger partial charge in [0.25, 0.3) is 0 Å². The van der Waals surface area contributed by atoms with Crippen LogP contribution >= 0.6 is 27.3 Å². The van der Waals surface area contributed by atoms with Gasteiger partial charge in [-0.05, 0) is 58.7 Å². The Kier molecular flexibility index (Phi) is 4.08. The van der Waals surface area contributed by atoms with Crippen molar-refractivity contribution in [1.82, 2.24) is 0 Å². The van der Waals surface area contributed by atoms with Gasteiger partial charge < -0.3 is 10.2 Å². The van der Waals surface area contributed by atoms with E-state index in [1.54, 1.807) is 11.3 Å². The van der Waals surface area contributed by atoms with Gasteiger partial charge in [-0.15, -0.1) is 11.3 Å². The van der Waals surface area contributed by atoms with E-state index in [0.29, 0.717) is 6.42 Å². The van der Waals surface area contributed by atoms with Gasteiger partial charge in [0, 0.05) is 35.8 Å². The van der Waals surface area contributed by atoms with Gasteiger partial charge in [0.05, 0.1) is 3.79 Å². The number of nitrogens with zero attached hydrogens (tertiary/aromatic N) is 1. The highest BCUT2D eigenvalue weighted by atomic mass is 79.9. The SMILES string of the molecule is O=C1CCCN1c1ccc(NCc2ccc(Br)s2)cc1. The van der Waals surface area contributed by atoms with E-state index < -0.39 is 0 Å². The molecular formula is C15H15BrN2OS. The normalized spacial score (nSPS) is 14.8. The Hall–Kier alpha value is -1.33. The van der Waals surface area contributed by atoms with Crippen LogP contribution in [0.2, 0.25) is 0 Å². The number of carbonyl (C=O) groups is 1. The van der Waals surface area contributed by atoms with Gasteiger partial charge in [-0.2, -0.15) is 0 Å². The van der Waals surface area contributed by atoms with Crippen molar-refractivity contribution in [3.8, 4) is 0 Å². The first-order valence-corrected chi connectivity index (χ1v) is 8.22. The molecule has 2 aromatic rings. The number of carbonyl (C=O) groups excluding carboxylic acids is 1.